The molecule has 0 spiro atoms. The molecule has 1 fully saturated rings. The lowest BCUT2D eigenvalue weighted by atomic mass is 10.1. The van der Waals surface area contributed by atoms with E-state index in [1.54, 1.807) is 0 Å². The van der Waals surface area contributed by atoms with E-state index in [0.29, 0.717) is 6.04 Å². The summed E-state index contributed by atoms with van der Waals surface area (Å²) in [5.74, 6) is 0. The number of nitrogens with zero attached hydrogens (tertiary/aromatic N) is 1. The van der Waals surface area contributed by atoms with Crippen LogP contribution in [0.1, 0.15) is 11.6 Å². The molecular weight excluding hydrogens is 230 g/mol. The van der Waals surface area contributed by atoms with Gasteiger partial charge in [-0.25, -0.2) is 4.98 Å². The minimum Gasteiger partial charge on any atom is -0.314 e. The Balaban J connectivity index is 2.10. The van der Waals surface area contributed by atoms with Gasteiger partial charge >= 0.3 is 0 Å². The Labute approximate surface area is 86.1 Å². The smallest absolute Gasteiger partial charge is 0.106 e. The number of piperazine rings is 1. The number of hydrogen-bond acceptors (Lipinski definition) is 3. The van der Waals surface area contributed by atoms with Crippen LogP contribution in [0.3, 0.4) is 0 Å². The Kier molecular flexibility index (Phi) is 2.93. The van der Waals surface area contributed by atoms with Crippen molar-refractivity contribution in [2.24, 2.45) is 0 Å². The van der Waals surface area contributed by atoms with E-state index in [-0.39, 0.29) is 0 Å². The van der Waals surface area contributed by atoms with Gasteiger partial charge in [-0.2, -0.15) is 0 Å². The average Bonchev–Trinajstić information content (AvgIpc) is 2.20. The van der Waals surface area contributed by atoms with Crippen LogP contribution in [0.25, 0.3) is 0 Å². The van der Waals surface area contributed by atoms with E-state index in [1.165, 1.54) is 5.56 Å². The summed E-state index contributed by atoms with van der Waals surface area (Å²) in [6.45, 7) is 3.07. The number of pyridine rings is 1. The van der Waals surface area contributed by atoms with Crippen LogP contribution in [0.5, 0.6) is 0 Å². The van der Waals surface area contributed by atoms with Gasteiger partial charge in [-0.1, -0.05) is 6.07 Å². The molecule has 0 bridgehead atoms. The second-order valence-electron chi connectivity index (χ2n) is 3.13. The number of aromatic nitrogens is 1. The van der Waals surface area contributed by atoms with Crippen molar-refractivity contribution in [2.75, 3.05) is 19.6 Å². The van der Waals surface area contributed by atoms with E-state index >= 15 is 0 Å². The van der Waals surface area contributed by atoms with Gasteiger partial charge in [0.1, 0.15) is 4.60 Å². The summed E-state index contributed by atoms with van der Waals surface area (Å²) in [6, 6.07) is 4.49. The van der Waals surface area contributed by atoms with Crippen LogP contribution in [-0.4, -0.2) is 24.6 Å². The van der Waals surface area contributed by atoms with Gasteiger partial charge in [0.15, 0.2) is 0 Å². The molecule has 13 heavy (non-hydrogen) atoms. The third-order valence-electron chi connectivity index (χ3n) is 2.19. The van der Waals surface area contributed by atoms with Crippen LogP contribution in [0, 0.1) is 0 Å². The molecule has 4 heteroatoms. The van der Waals surface area contributed by atoms with Crippen molar-refractivity contribution in [2.45, 2.75) is 6.04 Å². The van der Waals surface area contributed by atoms with Crippen LogP contribution in [0.2, 0.25) is 0 Å². The summed E-state index contributed by atoms with van der Waals surface area (Å²) in [6.07, 6.45) is 1.91. The molecule has 3 nitrogen and oxygen atoms in total. The molecular formula is C9H12BrN3. The van der Waals surface area contributed by atoms with Gasteiger partial charge in [0.25, 0.3) is 0 Å². The summed E-state index contributed by atoms with van der Waals surface area (Å²) in [5.41, 5.74) is 1.25. The lowest BCUT2D eigenvalue weighted by Gasteiger charge is -2.24. The molecule has 0 aromatic carbocycles. The highest BCUT2D eigenvalue weighted by atomic mass is 79.9. The predicted molar refractivity (Wildman–Crippen MR) is 55.6 cm³/mol. The summed E-state index contributed by atoms with van der Waals surface area (Å²) in [5, 5.41) is 6.78. The van der Waals surface area contributed by atoms with Crippen molar-refractivity contribution in [1.29, 1.82) is 0 Å². The Morgan fingerprint density at radius 3 is 2.92 bits per heavy atom. The molecule has 0 amide bonds. The topological polar surface area (TPSA) is 37.0 Å². The molecule has 1 atom stereocenters. The van der Waals surface area contributed by atoms with Gasteiger partial charge in [-0.05, 0) is 27.6 Å². The van der Waals surface area contributed by atoms with E-state index in [0.717, 1.165) is 24.2 Å². The average molecular weight is 242 g/mol. The fourth-order valence-electron chi connectivity index (χ4n) is 1.48. The Morgan fingerprint density at radius 2 is 2.31 bits per heavy atom. The van der Waals surface area contributed by atoms with E-state index in [1.807, 2.05) is 12.3 Å². The van der Waals surface area contributed by atoms with Crippen molar-refractivity contribution in [3.63, 3.8) is 0 Å². The number of halogens is 1. The van der Waals surface area contributed by atoms with Crippen LogP contribution in [0.4, 0.5) is 0 Å². The maximum absolute atomic E-state index is 4.20. The van der Waals surface area contributed by atoms with Crippen molar-refractivity contribution < 1.29 is 0 Å². The third-order valence-corrected chi connectivity index (χ3v) is 2.66. The maximum atomic E-state index is 4.20. The van der Waals surface area contributed by atoms with Gasteiger partial charge in [-0.3, -0.25) is 0 Å². The molecule has 1 aliphatic rings. The van der Waals surface area contributed by atoms with Crippen LogP contribution < -0.4 is 10.6 Å². The highest BCUT2D eigenvalue weighted by Crippen LogP contribution is 2.14. The molecule has 0 aliphatic carbocycles. The van der Waals surface area contributed by atoms with Crippen LogP contribution in [0.15, 0.2) is 22.9 Å². The first-order valence-electron chi connectivity index (χ1n) is 4.42. The SMILES string of the molecule is Brc1ccc(C2CNCCN2)cn1. The maximum Gasteiger partial charge on any atom is 0.106 e. The molecule has 2 heterocycles. The van der Waals surface area contributed by atoms with E-state index in [9.17, 15) is 0 Å². The Morgan fingerprint density at radius 1 is 1.38 bits per heavy atom. The first kappa shape index (κ1) is 9.12. The van der Waals surface area contributed by atoms with Crippen molar-refractivity contribution in [1.82, 2.24) is 15.6 Å². The zero-order valence-corrected chi connectivity index (χ0v) is 8.84. The first-order chi connectivity index (χ1) is 6.36. The van der Waals surface area contributed by atoms with Gasteiger partial charge in [0, 0.05) is 31.9 Å². The van der Waals surface area contributed by atoms with Crippen LogP contribution in [-0.2, 0) is 0 Å². The highest BCUT2D eigenvalue weighted by molar-refractivity contribution is 9.10. The minimum absolute atomic E-state index is 0.411. The van der Waals surface area contributed by atoms with Crippen molar-refractivity contribution in [3.8, 4) is 0 Å². The standard InChI is InChI=1S/C9H12BrN3/c10-9-2-1-7(5-13-9)8-6-11-3-4-12-8/h1-2,5,8,11-12H,3-4,6H2. The minimum atomic E-state index is 0.411. The van der Waals surface area contributed by atoms with Crippen molar-refractivity contribution in [3.05, 3.63) is 28.5 Å². The molecule has 0 saturated carbocycles. The number of nitrogens with one attached hydrogen (secondary N) is 2. The zero-order valence-electron chi connectivity index (χ0n) is 7.26. The lowest BCUT2D eigenvalue weighted by Crippen LogP contribution is -2.42. The van der Waals surface area contributed by atoms with E-state index < -0.39 is 0 Å². The predicted octanol–water partition coefficient (Wildman–Crippen LogP) is 1.08. The number of hydrogen-bond donors (Lipinski definition) is 2. The van der Waals surface area contributed by atoms with Crippen molar-refractivity contribution >= 4 is 15.9 Å². The van der Waals surface area contributed by atoms with Gasteiger partial charge in [0.05, 0.1) is 0 Å². The molecule has 2 rings (SSSR count). The fourth-order valence-corrected chi connectivity index (χ4v) is 1.72. The summed E-state index contributed by atoms with van der Waals surface area (Å²) in [7, 11) is 0. The van der Waals surface area contributed by atoms with Gasteiger partial charge in [0.2, 0.25) is 0 Å². The largest absolute Gasteiger partial charge is 0.314 e. The van der Waals surface area contributed by atoms with E-state index in [2.05, 4.69) is 37.6 Å². The second kappa shape index (κ2) is 4.17. The molecule has 1 aromatic heterocycles. The summed E-state index contributed by atoms with van der Waals surface area (Å²) in [4.78, 5) is 4.20. The molecule has 1 saturated heterocycles. The fraction of sp³-hybridized carbons (Fsp3) is 0.444. The monoisotopic (exact) mass is 241 g/mol. The third kappa shape index (κ3) is 2.27. The lowest BCUT2D eigenvalue weighted by molar-refractivity contribution is 0.429. The van der Waals surface area contributed by atoms with Gasteiger partial charge < -0.3 is 10.6 Å². The molecule has 2 N–H and O–H groups in total. The summed E-state index contributed by atoms with van der Waals surface area (Å²) < 4.78 is 0.889. The molecule has 1 aliphatic heterocycles. The molecule has 1 unspecified atom stereocenters. The van der Waals surface area contributed by atoms with Gasteiger partial charge in [-0.15, -0.1) is 0 Å². The molecule has 1 aromatic rings. The first-order valence-corrected chi connectivity index (χ1v) is 5.21. The summed E-state index contributed by atoms with van der Waals surface area (Å²) >= 11 is 3.32. The highest BCUT2D eigenvalue weighted by Gasteiger charge is 2.13. The van der Waals surface area contributed by atoms with E-state index in [4.69, 9.17) is 0 Å². The normalized spacial score (nSPS) is 23.0. The molecule has 70 valence electrons. The van der Waals surface area contributed by atoms with Crippen LogP contribution >= 0.6 is 15.9 Å². The quantitative estimate of drug-likeness (QED) is 0.723. The Bertz CT molecular complexity index is 267. The molecule has 0 radical (unpaired) electrons. The zero-order chi connectivity index (χ0) is 9.10. The second-order valence-corrected chi connectivity index (χ2v) is 3.94. The Hall–Kier alpha value is -0.450. The number of rotatable bonds is 1.